The highest BCUT2D eigenvalue weighted by Crippen LogP contribution is 2.14. The molecule has 0 atom stereocenters. The topological polar surface area (TPSA) is 104 Å². The quantitative estimate of drug-likeness (QED) is 0.630. The predicted molar refractivity (Wildman–Crippen MR) is 104 cm³/mol. The number of benzene rings is 2. The lowest BCUT2D eigenvalue weighted by atomic mass is 10.1. The molecule has 2 aromatic carbocycles. The number of carbonyl (C=O) groups excluding carboxylic acids is 2. The summed E-state index contributed by atoms with van der Waals surface area (Å²) in [4.78, 5) is 23.2. The molecule has 0 bridgehead atoms. The normalized spacial score (nSPS) is 11.1. The summed E-state index contributed by atoms with van der Waals surface area (Å²) >= 11 is 0. The molecule has 7 nitrogen and oxygen atoms in total. The van der Waals surface area contributed by atoms with Crippen LogP contribution in [-0.4, -0.2) is 33.3 Å². The molecule has 0 aromatic heterocycles. The zero-order valence-corrected chi connectivity index (χ0v) is 16.3. The second kappa shape index (κ2) is 8.79. The van der Waals surface area contributed by atoms with Crippen LogP contribution in [0.1, 0.15) is 28.4 Å². The van der Waals surface area contributed by atoms with Crippen LogP contribution in [0.15, 0.2) is 47.4 Å². The van der Waals surface area contributed by atoms with Gasteiger partial charge >= 0.3 is 0 Å². The van der Waals surface area contributed by atoms with Crippen molar-refractivity contribution in [3.8, 4) is 0 Å². The summed E-state index contributed by atoms with van der Waals surface area (Å²) in [6.07, 6.45) is 0. The fourth-order valence-corrected chi connectivity index (χ4v) is 3.38. The molecule has 27 heavy (non-hydrogen) atoms. The number of carbonyl (C=O) groups is 2. The lowest BCUT2D eigenvalue weighted by Gasteiger charge is -2.10. The maximum Gasteiger partial charge on any atom is 0.251 e. The summed E-state index contributed by atoms with van der Waals surface area (Å²) in [5, 5.41) is 5.26. The number of amides is 2. The minimum Gasteiger partial charge on any atom is -0.351 e. The van der Waals surface area contributed by atoms with Gasteiger partial charge in [0.1, 0.15) is 0 Å². The zero-order valence-electron chi connectivity index (χ0n) is 15.5. The maximum absolute atomic E-state index is 12.3. The summed E-state index contributed by atoms with van der Waals surface area (Å²) in [6, 6.07) is 11.2. The largest absolute Gasteiger partial charge is 0.351 e. The smallest absolute Gasteiger partial charge is 0.251 e. The van der Waals surface area contributed by atoms with Crippen molar-refractivity contribution < 1.29 is 18.0 Å². The SMILES string of the molecule is CC(=O)Nc1ccc(S(=O)(=O)NCCNC(=O)c2ccc(C)c(C)c2)cc1. The molecular weight excluding hydrogens is 366 g/mol. The monoisotopic (exact) mass is 389 g/mol. The Morgan fingerprint density at radius 2 is 1.59 bits per heavy atom. The first-order valence-electron chi connectivity index (χ1n) is 8.42. The maximum atomic E-state index is 12.3. The van der Waals surface area contributed by atoms with E-state index < -0.39 is 10.0 Å². The van der Waals surface area contributed by atoms with E-state index in [2.05, 4.69) is 15.4 Å². The van der Waals surface area contributed by atoms with E-state index in [9.17, 15) is 18.0 Å². The first-order valence-corrected chi connectivity index (χ1v) is 9.90. The Hall–Kier alpha value is -2.71. The highest BCUT2D eigenvalue weighted by molar-refractivity contribution is 7.89. The number of anilines is 1. The van der Waals surface area contributed by atoms with Gasteiger partial charge in [0.25, 0.3) is 5.91 Å². The van der Waals surface area contributed by atoms with Gasteiger partial charge in [-0.15, -0.1) is 0 Å². The Morgan fingerprint density at radius 1 is 0.926 bits per heavy atom. The van der Waals surface area contributed by atoms with Crippen LogP contribution < -0.4 is 15.4 Å². The van der Waals surface area contributed by atoms with Crippen LogP contribution >= 0.6 is 0 Å². The highest BCUT2D eigenvalue weighted by Gasteiger charge is 2.14. The van der Waals surface area contributed by atoms with Crippen LogP contribution in [0, 0.1) is 13.8 Å². The highest BCUT2D eigenvalue weighted by atomic mass is 32.2. The van der Waals surface area contributed by atoms with Gasteiger partial charge in [-0.3, -0.25) is 9.59 Å². The summed E-state index contributed by atoms with van der Waals surface area (Å²) < 4.78 is 26.9. The van der Waals surface area contributed by atoms with E-state index in [4.69, 9.17) is 0 Å². The molecule has 0 saturated heterocycles. The number of hydrogen-bond acceptors (Lipinski definition) is 4. The Kier molecular flexibility index (Phi) is 6.70. The molecule has 0 aliphatic carbocycles. The van der Waals surface area contributed by atoms with Crippen molar-refractivity contribution in [1.29, 1.82) is 0 Å². The lowest BCUT2D eigenvalue weighted by molar-refractivity contribution is -0.114. The van der Waals surface area contributed by atoms with Crippen molar-refractivity contribution in [3.05, 3.63) is 59.2 Å². The molecule has 0 radical (unpaired) electrons. The average Bonchev–Trinajstić information content (AvgIpc) is 2.61. The summed E-state index contributed by atoms with van der Waals surface area (Å²) in [6.45, 7) is 5.49. The third-order valence-electron chi connectivity index (χ3n) is 3.96. The van der Waals surface area contributed by atoms with E-state index in [1.54, 1.807) is 12.1 Å². The minimum atomic E-state index is -3.69. The molecule has 0 unspecified atom stereocenters. The van der Waals surface area contributed by atoms with Gasteiger partial charge in [-0.05, 0) is 61.4 Å². The van der Waals surface area contributed by atoms with E-state index in [-0.39, 0.29) is 29.8 Å². The number of hydrogen-bond donors (Lipinski definition) is 3. The van der Waals surface area contributed by atoms with Gasteiger partial charge in [0.05, 0.1) is 4.90 Å². The van der Waals surface area contributed by atoms with E-state index in [1.165, 1.54) is 31.2 Å². The predicted octanol–water partition coefficient (Wildman–Crippen LogP) is 1.97. The van der Waals surface area contributed by atoms with E-state index in [1.807, 2.05) is 19.9 Å². The molecule has 0 spiro atoms. The van der Waals surface area contributed by atoms with Gasteiger partial charge in [-0.25, -0.2) is 13.1 Å². The minimum absolute atomic E-state index is 0.0619. The van der Waals surface area contributed by atoms with Crippen LogP contribution in [0.5, 0.6) is 0 Å². The van der Waals surface area contributed by atoms with Crippen molar-refractivity contribution in [1.82, 2.24) is 10.0 Å². The third-order valence-corrected chi connectivity index (χ3v) is 5.43. The van der Waals surface area contributed by atoms with E-state index >= 15 is 0 Å². The first kappa shape index (κ1) is 20.6. The van der Waals surface area contributed by atoms with Crippen molar-refractivity contribution in [2.45, 2.75) is 25.7 Å². The molecule has 0 aliphatic heterocycles. The summed E-state index contributed by atoms with van der Waals surface area (Å²) in [5.74, 6) is -0.486. The van der Waals surface area contributed by atoms with Gasteiger partial charge in [-0.2, -0.15) is 0 Å². The molecule has 3 N–H and O–H groups in total. The molecule has 8 heteroatoms. The molecule has 0 heterocycles. The van der Waals surface area contributed by atoms with Gasteiger partial charge in [0, 0.05) is 31.3 Å². The molecule has 2 amide bonds. The van der Waals surface area contributed by atoms with Crippen LogP contribution in [0.25, 0.3) is 0 Å². The second-order valence-corrected chi connectivity index (χ2v) is 7.93. The van der Waals surface area contributed by atoms with Gasteiger partial charge in [0.15, 0.2) is 0 Å². The Balaban J connectivity index is 1.87. The van der Waals surface area contributed by atoms with Crippen molar-refractivity contribution in [2.75, 3.05) is 18.4 Å². The molecule has 0 aliphatic rings. The fraction of sp³-hybridized carbons (Fsp3) is 0.263. The Bertz CT molecular complexity index is 938. The molecule has 144 valence electrons. The zero-order chi connectivity index (χ0) is 20.0. The molecular formula is C19H23N3O4S. The van der Waals surface area contributed by atoms with Crippen molar-refractivity contribution in [3.63, 3.8) is 0 Å². The Labute approximate surface area is 159 Å². The van der Waals surface area contributed by atoms with Gasteiger partial charge < -0.3 is 10.6 Å². The first-order chi connectivity index (χ1) is 12.7. The standard InChI is InChI=1S/C19H23N3O4S/c1-13-4-5-16(12-14(13)2)19(24)20-10-11-21-27(25,26)18-8-6-17(7-9-18)22-15(3)23/h4-9,12,21H,10-11H2,1-3H3,(H,20,24)(H,22,23). The van der Waals surface area contributed by atoms with Crippen LogP contribution in [0.4, 0.5) is 5.69 Å². The van der Waals surface area contributed by atoms with Crippen LogP contribution in [-0.2, 0) is 14.8 Å². The molecule has 2 rings (SSSR count). The Morgan fingerprint density at radius 3 is 2.19 bits per heavy atom. The molecule has 0 saturated carbocycles. The van der Waals surface area contributed by atoms with Gasteiger partial charge in [0.2, 0.25) is 15.9 Å². The summed E-state index contributed by atoms with van der Waals surface area (Å²) in [5.41, 5.74) is 3.17. The lowest BCUT2D eigenvalue weighted by Crippen LogP contribution is -2.34. The van der Waals surface area contributed by atoms with E-state index in [0.29, 0.717) is 11.3 Å². The van der Waals surface area contributed by atoms with Crippen molar-refractivity contribution >= 4 is 27.5 Å². The number of nitrogens with one attached hydrogen (secondary N) is 3. The van der Waals surface area contributed by atoms with Crippen molar-refractivity contribution in [2.24, 2.45) is 0 Å². The molecule has 2 aromatic rings. The van der Waals surface area contributed by atoms with E-state index in [0.717, 1.165) is 11.1 Å². The number of sulfonamides is 1. The number of rotatable bonds is 7. The third kappa shape index (κ3) is 5.90. The van der Waals surface area contributed by atoms with Gasteiger partial charge in [-0.1, -0.05) is 6.07 Å². The summed E-state index contributed by atoms with van der Waals surface area (Å²) in [7, 11) is -3.69. The second-order valence-electron chi connectivity index (χ2n) is 6.16. The average molecular weight is 389 g/mol. The van der Waals surface area contributed by atoms with Crippen LogP contribution in [0.3, 0.4) is 0 Å². The van der Waals surface area contributed by atoms with Crippen LogP contribution in [0.2, 0.25) is 0 Å². The molecule has 0 fully saturated rings. The number of aryl methyl sites for hydroxylation is 2. The fourth-order valence-electron chi connectivity index (χ4n) is 2.35.